The van der Waals surface area contributed by atoms with E-state index in [2.05, 4.69) is 5.32 Å². The summed E-state index contributed by atoms with van der Waals surface area (Å²) in [7, 11) is 0. The van der Waals surface area contributed by atoms with Crippen LogP contribution in [0.4, 0.5) is 4.39 Å². The van der Waals surface area contributed by atoms with Crippen LogP contribution < -0.4 is 10.1 Å². The molecular formula is C15H18FNO3. The molecule has 0 saturated carbocycles. The van der Waals surface area contributed by atoms with Gasteiger partial charge in [0.1, 0.15) is 0 Å². The van der Waals surface area contributed by atoms with E-state index in [1.165, 1.54) is 18.2 Å². The zero-order valence-corrected chi connectivity index (χ0v) is 11.8. The maximum atomic E-state index is 13.6. The number of nitrogens with one attached hydrogen (secondary N) is 1. The predicted molar refractivity (Wildman–Crippen MR) is 72.2 cm³/mol. The standard InChI is InChI=1S/C15H18FNO3/c1-15(2,3)14(19)17-11-7-8-20-13-9(12(11)18)5-4-6-10(13)16/h4-6,11H,7-8H2,1-3H3,(H,17,19). The lowest BCUT2D eigenvalue weighted by molar-refractivity contribution is -0.129. The van der Waals surface area contributed by atoms with Crippen LogP contribution in [0.1, 0.15) is 37.6 Å². The van der Waals surface area contributed by atoms with Crippen molar-refractivity contribution >= 4 is 11.7 Å². The molecule has 0 saturated heterocycles. The lowest BCUT2D eigenvalue weighted by Crippen LogP contribution is -2.45. The molecule has 1 aliphatic heterocycles. The minimum absolute atomic E-state index is 0.0231. The monoisotopic (exact) mass is 279 g/mol. The van der Waals surface area contributed by atoms with Crippen LogP contribution >= 0.6 is 0 Å². The van der Waals surface area contributed by atoms with Gasteiger partial charge in [-0.2, -0.15) is 0 Å². The summed E-state index contributed by atoms with van der Waals surface area (Å²) < 4.78 is 18.9. The number of hydrogen-bond acceptors (Lipinski definition) is 3. The summed E-state index contributed by atoms with van der Waals surface area (Å²) in [4.78, 5) is 24.4. The number of benzene rings is 1. The zero-order chi connectivity index (χ0) is 14.9. The molecule has 108 valence electrons. The summed E-state index contributed by atoms with van der Waals surface area (Å²) in [6.07, 6.45) is 0.328. The third kappa shape index (κ3) is 2.81. The lowest BCUT2D eigenvalue weighted by Gasteiger charge is -2.22. The van der Waals surface area contributed by atoms with Crippen LogP contribution in [0, 0.1) is 11.2 Å². The number of rotatable bonds is 1. The highest BCUT2D eigenvalue weighted by atomic mass is 19.1. The third-order valence-corrected chi connectivity index (χ3v) is 3.19. The third-order valence-electron chi connectivity index (χ3n) is 3.19. The molecule has 0 spiro atoms. The van der Waals surface area contributed by atoms with Crippen molar-refractivity contribution in [3.63, 3.8) is 0 Å². The minimum Gasteiger partial charge on any atom is -0.490 e. The number of fused-ring (bicyclic) bond motifs is 1. The Hall–Kier alpha value is -1.91. The van der Waals surface area contributed by atoms with Crippen LogP contribution in [0.5, 0.6) is 5.75 Å². The Labute approximate surface area is 117 Å². The van der Waals surface area contributed by atoms with Crippen molar-refractivity contribution in [2.24, 2.45) is 5.41 Å². The topological polar surface area (TPSA) is 55.4 Å². The fourth-order valence-electron chi connectivity index (χ4n) is 1.96. The van der Waals surface area contributed by atoms with Gasteiger partial charge in [-0.15, -0.1) is 0 Å². The molecule has 0 aromatic heterocycles. The van der Waals surface area contributed by atoms with E-state index in [0.29, 0.717) is 6.42 Å². The van der Waals surface area contributed by atoms with Crippen molar-refractivity contribution in [1.29, 1.82) is 0 Å². The zero-order valence-electron chi connectivity index (χ0n) is 11.8. The molecule has 1 atom stereocenters. The SMILES string of the molecule is CC(C)(C)C(=O)NC1CCOc2c(F)cccc2C1=O. The van der Waals surface area contributed by atoms with Crippen molar-refractivity contribution in [2.45, 2.75) is 33.2 Å². The first-order chi connectivity index (χ1) is 9.30. The molecule has 5 heteroatoms. The van der Waals surface area contributed by atoms with Crippen LogP contribution in [-0.2, 0) is 4.79 Å². The average Bonchev–Trinajstić information content (AvgIpc) is 2.51. The van der Waals surface area contributed by atoms with Gasteiger partial charge in [0.15, 0.2) is 17.3 Å². The molecule has 0 fully saturated rings. The first-order valence-electron chi connectivity index (χ1n) is 6.57. The number of carbonyl (C=O) groups is 2. The molecule has 4 nitrogen and oxygen atoms in total. The maximum Gasteiger partial charge on any atom is 0.225 e. The summed E-state index contributed by atoms with van der Waals surface area (Å²) in [6.45, 7) is 5.50. The van der Waals surface area contributed by atoms with Gasteiger partial charge in [-0.05, 0) is 12.1 Å². The van der Waals surface area contributed by atoms with E-state index in [9.17, 15) is 14.0 Å². The number of Topliss-reactive ketones (excluding diaryl/α,β-unsaturated/α-hetero) is 1. The summed E-state index contributed by atoms with van der Waals surface area (Å²) in [5, 5.41) is 2.72. The Kier molecular flexibility index (Phi) is 3.79. The van der Waals surface area contributed by atoms with Crippen molar-refractivity contribution in [3.8, 4) is 5.75 Å². The maximum absolute atomic E-state index is 13.6. The van der Waals surface area contributed by atoms with Gasteiger partial charge in [0.05, 0.1) is 18.2 Å². The molecule has 2 rings (SSSR count). The molecule has 1 aromatic carbocycles. The van der Waals surface area contributed by atoms with Gasteiger partial charge in [-0.1, -0.05) is 26.8 Å². The van der Waals surface area contributed by atoms with Gasteiger partial charge in [-0.25, -0.2) is 4.39 Å². The molecule has 1 aromatic rings. The van der Waals surface area contributed by atoms with E-state index < -0.39 is 17.3 Å². The molecule has 0 aliphatic carbocycles. The van der Waals surface area contributed by atoms with Gasteiger partial charge < -0.3 is 10.1 Å². The van der Waals surface area contributed by atoms with Crippen LogP contribution in [-0.4, -0.2) is 24.3 Å². The fraction of sp³-hybridized carbons (Fsp3) is 0.467. The number of ketones is 1. The van der Waals surface area contributed by atoms with Gasteiger partial charge >= 0.3 is 0 Å². The second kappa shape index (κ2) is 5.23. The Morgan fingerprint density at radius 2 is 2.10 bits per heavy atom. The highest BCUT2D eigenvalue weighted by Gasteiger charge is 2.32. The summed E-state index contributed by atoms with van der Waals surface area (Å²) >= 11 is 0. The van der Waals surface area contributed by atoms with Crippen LogP contribution in [0.25, 0.3) is 0 Å². The Morgan fingerprint density at radius 3 is 2.75 bits per heavy atom. The highest BCUT2D eigenvalue weighted by molar-refractivity contribution is 6.04. The largest absolute Gasteiger partial charge is 0.490 e. The highest BCUT2D eigenvalue weighted by Crippen LogP contribution is 2.27. The molecule has 20 heavy (non-hydrogen) atoms. The Balaban J connectivity index is 2.26. The van der Waals surface area contributed by atoms with Crippen molar-refractivity contribution in [1.82, 2.24) is 5.32 Å². The second-order valence-electron chi connectivity index (χ2n) is 5.89. The van der Waals surface area contributed by atoms with Gasteiger partial charge in [0.25, 0.3) is 0 Å². The van der Waals surface area contributed by atoms with E-state index in [1.54, 1.807) is 20.8 Å². The fourth-order valence-corrected chi connectivity index (χ4v) is 1.96. The molecular weight excluding hydrogens is 261 g/mol. The molecule has 1 N–H and O–H groups in total. The molecule has 1 heterocycles. The van der Waals surface area contributed by atoms with E-state index >= 15 is 0 Å². The summed E-state index contributed by atoms with van der Waals surface area (Å²) in [5.74, 6) is -1.10. The van der Waals surface area contributed by atoms with E-state index in [1.807, 2.05) is 0 Å². The van der Waals surface area contributed by atoms with Crippen LogP contribution in [0.2, 0.25) is 0 Å². The smallest absolute Gasteiger partial charge is 0.225 e. The van der Waals surface area contributed by atoms with Gasteiger partial charge in [0.2, 0.25) is 5.91 Å². The number of ether oxygens (including phenoxy) is 1. The van der Waals surface area contributed by atoms with Crippen molar-refractivity contribution in [3.05, 3.63) is 29.6 Å². The number of amides is 1. The van der Waals surface area contributed by atoms with Crippen molar-refractivity contribution < 1.29 is 18.7 Å². The number of halogens is 1. The molecule has 1 aliphatic rings. The lowest BCUT2D eigenvalue weighted by atomic mass is 9.94. The second-order valence-corrected chi connectivity index (χ2v) is 5.89. The van der Waals surface area contributed by atoms with Gasteiger partial charge in [0, 0.05) is 11.8 Å². The minimum atomic E-state index is -0.676. The molecule has 0 radical (unpaired) electrons. The average molecular weight is 279 g/mol. The van der Waals surface area contributed by atoms with Crippen LogP contribution in [0.3, 0.4) is 0 Å². The number of hydrogen-bond donors (Lipinski definition) is 1. The summed E-state index contributed by atoms with van der Waals surface area (Å²) in [6, 6.07) is 3.55. The van der Waals surface area contributed by atoms with E-state index in [4.69, 9.17) is 4.74 Å². The number of carbonyl (C=O) groups excluding carboxylic acids is 2. The van der Waals surface area contributed by atoms with Crippen molar-refractivity contribution in [2.75, 3.05) is 6.61 Å². The molecule has 0 bridgehead atoms. The Morgan fingerprint density at radius 1 is 1.40 bits per heavy atom. The van der Waals surface area contributed by atoms with Crippen LogP contribution in [0.15, 0.2) is 18.2 Å². The molecule has 1 unspecified atom stereocenters. The summed E-state index contributed by atoms with van der Waals surface area (Å²) in [5.41, 5.74) is -0.403. The van der Waals surface area contributed by atoms with E-state index in [0.717, 1.165) is 0 Å². The number of para-hydroxylation sites is 1. The first-order valence-corrected chi connectivity index (χ1v) is 6.57. The molecule has 1 amide bonds. The Bertz CT molecular complexity index is 549. The predicted octanol–water partition coefficient (Wildman–Crippen LogP) is 2.32. The van der Waals surface area contributed by atoms with E-state index in [-0.39, 0.29) is 29.6 Å². The normalized spacial score (nSPS) is 18.8. The quantitative estimate of drug-likeness (QED) is 0.858. The van der Waals surface area contributed by atoms with Gasteiger partial charge in [-0.3, -0.25) is 9.59 Å². The first kappa shape index (κ1) is 14.5.